The molecule has 3 heterocycles. The quantitative estimate of drug-likeness (QED) is 0.857. The first-order chi connectivity index (χ1) is 12.4. The van der Waals surface area contributed by atoms with Gasteiger partial charge in [0.15, 0.2) is 0 Å². The van der Waals surface area contributed by atoms with Crippen LogP contribution in [0.15, 0.2) is 24.5 Å². The van der Waals surface area contributed by atoms with E-state index in [9.17, 15) is 0 Å². The molecule has 0 aromatic carbocycles. The Kier molecular flexibility index (Phi) is 5.63. The molecule has 2 aromatic rings. The first kappa shape index (κ1) is 18.9. The number of hydrogen-bond acceptors (Lipinski definition) is 5. The van der Waals surface area contributed by atoms with Crippen molar-refractivity contribution in [1.29, 1.82) is 0 Å². The van der Waals surface area contributed by atoms with Gasteiger partial charge in [0.1, 0.15) is 5.75 Å². The van der Waals surface area contributed by atoms with Crippen molar-refractivity contribution in [3.63, 3.8) is 0 Å². The van der Waals surface area contributed by atoms with Gasteiger partial charge in [0, 0.05) is 38.9 Å². The molecule has 0 saturated carbocycles. The molecule has 1 aliphatic rings. The van der Waals surface area contributed by atoms with Gasteiger partial charge in [-0.15, -0.1) is 0 Å². The van der Waals surface area contributed by atoms with Crippen LogP contribution >= 0.6 is 0 Å². The smallest absolute Gasteiger partial charge is 0.222 e. The maximum atomic E-state index is 6.03. The molecular formula is C20H30N4O2. The van der Waals surface area contributed by atoms with E-state index in [1.54, 1.807) is 17.1 Å². The van der Waals surface area contributed by atoms with Crippen molar-refractivity contribution < 1.29 is 9.47 Å². The van der Waals surface area contributed by atoms with Gasteiger partial charge >= 0.3 is 0 Å². The molecule has 0 bridgehead atoms. The lowest BCUT2D eigenvalue weighted by molar-refractivity contribution is 0.00720. The lowest BCUT2D eigenvalue weighted by atomic mass is 9.81. The highest BCUT2D eigenvalue weighted by atomic mass is 16.5. The number of aryl methyl sites for hydroxylation is 2. The monoisotopic (exact) mass is 358 g/mol. The lowest BCUT2D eigenvalue weighted by Gasteiger charge is -2.31. The van der Waals surface area contributed by atoms with Gasteiger partial charge in [-0.25, -0.2) is 4.68 Å². The minimum atomic E-state index is 0.168. The summed E-state index contributed by atoms with van der Waals surface area (Å²) in [4.78, 5) is 4.11. The zero-order chi connectivity index (χ0) is 18.7. The van der Waals surface area contributed by atoms with Crippen molar-refractivity contribution in [3.8, 4) is 11.6 Å². The minimum absolute atomic E-state index is 0.168. The number of hydrogen-bond donors (Lipinski definition) is 1. The van der Waals surface area contributed by atoms with E-state index >= 15 is 0 Å². The maximum Gasteiger partial charge on any atom is 0.222 e. The fourth-order valence-electron chi connectivity index (χ4n) is 3.71. The highest BCUT2D eigenvalue weighted by Crippen LogP contribution is 2.34. The third-order valence-corrected chi connectivity index (χ3v) is 4.91. The molecule has 26 heavy (non-hydrogen) atoms. The predicted molar refractivity (Wildman–Crippen MR) is 101 cm³/mol. The summed E-state index contributed by atoms with van der Waals surface area (Å²) in [7, 11) is 1.91. The summed E-state index contributed by atoms with van der Waals surface area (Å²) in [5.74, 6) is 2.02. The number of pyridine rings is 1. The summed E-state index contributed by atoms with van der Waals surface area (Å²) in [5.41, 5.74) is 2.23. The Balaban J connectivity index is 1.65. The molecule has 1 N–H and O–H groups in total. The zero-order valence-corrected chi connectivity index (χ0v) is 16.5. The number of rotatable bonds is 6. The van der Waals surface area contributed by atoms with Crippen molar-refractivity contribution in [2.45, 2.75) is 46.8 Å². The summed E-state index contributed by atoms with van der Waals surface area (Å²) in [6, 6.07) is 3.76. The third kappa shape index (κ3) is 4.24. The Bertz CT molecular complexity index is 721. The van der Waals surface area contributed by atoms with Gasteiger partial charge in [0.05, 0.1) is 23.6 Å². The van der Waals surface area contributed by atoms with Gasteiger partial charge in [-0.3, -0.25) is 4.98 Å². The molecule has 1 fully saturated rings. The predicted octanol–water partition coefficient (Wildman–Crippen LogP) is 3.46. The Morgan fingerprint density at radius 3 is 2.88 bits per heavy atom. The van der Waals surface area contributed by atoms with Gasteiger partial charge in [0.25, 0.3) is 0 Å². The van der Waals surface area contributed by atoms with Gasteiger partial charge < -0.3 is 14.8 Å². The molecule has 142 valence electrons. The molecule has 1 saturated heterocycles. The first-order valence-electron chi connectivity index (χ1n) is 9.29. The molecule has 0 amide bonds. The van der Waals surface area contributed by atoms with Crippen molar-refractivity contribution in [2.75, 3.05) is 13.2 Å². The van der Waals surface area contributed by atoms with Crippen molar-refractivity contribution in [3.05, 3.63) is 35.8 Å². The van der Waals surface area contributed by atoms with Crippen LogP contribution in [0.2, 0.25) is 0 Å². The van der Waals surface area contributed by atoms with Crippen molar-refractivity contribution in [2.24, 2.45) is 18.4 Å². The average molecular weight is 358 g/mol. The lowest BCUT2D eigenvalue weighted by Crippen LogP contribution is -2.36. The Hall–Kier alpha value is -1.92. The minimum Gasteiger partial charge on any atom is -0.437 e. The van der Waals surface area contributed by atoms with E-state index < -0.39 is 0 Å². The van der Waals surface area contributed by atoms with Gasteiger partial charge in [-0.1, -0.05) is 20.8 Å². The third-order valence-electron chi connectivity index (χ3n) is 4.91. The van der Waals surface area contributed by atoms with Crippen molar-refractivity contribution >= 4 is 0 Å². The summed E-state index contributed by atoms with van der Waals surface area (Å²) in [6.45, 7) is 11.3. The van der Waals surface area contributed by atoms with E-state index in [1.807, 2.05) is 26.1 Å². The SMILES string of the molecule is Cc1nn(C)c(Oc2cccnc2)c1CNC[C@H]1CCO[C@@H]1C(C)(C)C. The second-order valence-corrected chi connectivity index (χ2v) is 8.12. The highest BCUT2D eigenvalue weighted by molar-refractivity contribution is 5.34. The highest BCUT2D eigenvalue weighted by Gasteiger charge is 2.36. The molecule has 6 nitrogen and oxygen atoms in total. The molecule has 0 aliphatic carbocycles. The van der Waals surface area contributed by atoms with Gasteiger partial charge in [-0.2, -0.15) is 5.10 Å². The molecule has 0 unspecified atom stereocenters. The second-order valence-electron chi connectivity index (χ2n) is 8.12. The number of nitrogens with zero attached hydrogens (tertiary/aromatic N) is 3. The molecule has 2 aromatic heterocycles. The van der Waals surface area contributed by atoms with Gasteiger partial charge in [0.2, 0.25) is 5.88 Å². The number of ether oxygens (including phenoxy) is 2. The van der Waals surface area contributed by atoms with Crippen LogP contribution in [-0.2, 0) is 18.3 Å². The fourth-order valence-corrected chi connectivity index (χ4v) is 3.71. The largest absolute Gasteiger partial charge is 0.437 e. The van der Waals surface area contributed by atoms with Crippen LogP contribution in [0, 0.1) is 18.3 Å². The van der Waals surface area contributed by atoms with E-state index in [0.29, 0.717) is 17.8 Å². The normalized spacial score (nSPS) is 20.5. The van der Waals surface area contributed by atoms with E-state index in [-0.39, 0.29) is 5.41 Å². The first-order valence-corrected chi connectivity index (χ1v) is 9.29. The summed E-state index contributed by atoms with van der Waals surface area (Å²) in [6.07, 6.45) is 4.86. The Labute approximate surface area is 155 Å². The number of aromatic nitrogens is 3. The standard InChI is InChI=1S/C20H30N4O2/c1-14-17(13-22-11-15-8-10-25-18(15)20(2,3)4)19(24(5)23-14)26-16-7-6-9-21-12-16/h6-7,9,12,15,18,22H,8,10-11,13H2,1-5H3/t15-,18+/m1/s1. The Morgan fingerprint density at radius 1 is 1.38 bits per heavy atom. The Morgan fingerprint density at radius 2 is 2.19 bits per heavy atom. The van der Waals surface area contributed by atoms with Crippen molar-refractivity contribution in [1.82, 2.24) is 20.1 Å². The van der Waals surface area contributed by atoms with Crippen LogP contribution in [0.25, 0.3) is 0 Å². The maximum absolute atomic E-state index is 6.03. The van der Waals surface area contributed by atoms with Crippen LogP contribution in [0.4, 0.5) is 0 Å². The molecule has 0 spiro atoms. The summed E-state index contributed by atoms with van der Waals surface area (Å²) < 4.78 is 13.8. The summed E-state index contributed by atoms with van der Waals surface area (Å²) in [5, 5.41) is 8.12. The zero-order valence-electron chi connectivity index (χ0n) is 16.5. The summed E-state index contributed by atoms with van der Waals surface area (Å²) >= 11 is 0. The van der Waals surface area contributed by atoms with Crippen LogP contribution in [0.1, 0.15) is 38.4 Å². The second kappa shape index (κ2) is 7.76. The van der Waals surface area contributed by atoms with E-state index in [2.05, 4.69) is 36.2 Å². The molecule has 3 rings (SSSR count). The van der Waals surface area contributed by atoms with Crippen LogP contribution in [0.3, 0.4) is 0 Å². The molecule has 1 aliphatic heterocycles. The molecular weight excluding hydrogens is 328 g/mol. The average Bonchev–Trinajstić information content (AvgIpc) is 3.15. The van der Waals surface area contributed by atoms with E-state index in [0.717, 1.165) is 43.3 Å². The topological polar surface area (TPSA) is 61.2 Å². The number of nitrogens with one attached hydrogen (secondary N) is 1. The van der Waals surface area contributed by atoms with E-state index in [4.69, 9.17) is 9.47 Å². The van der Waals surface area contributed by atoms with Crippen LogP contribution in [-0.4, -0.2) is 34.0 Å². The van der Waals surface area contributed by atoms with Crippen LogP contribution in [0.5, 0.6) is 11.6 Å². The molecule has 2 atom stereocenters. The van der Waals surface area contributed by atoms with Gasteiger partial charge in [-0.05, 0) is 30.9 Å². The van der Waals surface area contributed by atoms with E-state index in [1.165, 1.54) is 0 Å². The fraction of sp³-hybridized carbons (Fsp3) is 0.600. The molecule has 0 radical (unpaired) electrons. The van der Waals surface area contributed by atoms with Crippen LogP contribution < -0.4 is 10.1 Å². The molecule has 6 heteroatoms.